The summed E-state index contributed by atoms with van der Waals surface area (Å²) in [4.78, 5) is 21.5. The van der Waals surface area contributed by atoms with Crippen LogP contribution in [0.2, 0.25) is 0 Å². The molecule has 0 aromatic heterocycles. The monoisotopic (exact) mass is 280 g/mol. The molecule has 1 aromatic rings. The highest BCUT2D eigenvalue weighted by atomic mass is 16.6. The minimum absolute atomic E-state index is 0.0981. The predicted octanol–water partition coefficient (Wildman–Crippen LogP) is 1.47. The minimum Gasteiger partial charge on any atom is -0.490 e. The zero-order valence-corrected chi connectivity index (χ0v) is 11.0. The fourth-order valence-corrected chi connectivity index (χ4v) is 2.01. The van der Waals surface area contributed by atoms with Crippen LogP contribution in [0.15, 0.2) is 18.2 Å². The predicted molar refractivity (Wildman–Crippen MR) is 70.6 cm³/mol. The second kappa shape index (κ2) is 5.09. The van der Waals surface area contributed by atoms with E-state index in [1.807, 2.05) is 0 Å². The zero-order chi connectivity index (χ0) is 14.9. The summed E-state index contributed by atoms with van der Waals surface area (Å²) < 4.78 is 5.45. The van der Waals surface area contributed by atoms with Crippen LogP contribution in [-0.2, 0) is 4.79 Å². The second-order valence-electron chi connectivity index (χ2n) is 5.12. The van der Waals surface area contributed by atoms with Crippen molar-refractivity contribution >= 4 is 11.7 Å². The molecule has 20 heavy (non-hydrogen) atoms. The van der Waals surface area contributed by atoms with Gasteiger partial charge in [-0.2, -0.15) is 0 Å². The first-order valence-corrected chi connectivity index (χ1v) is 6.24. The maximum absolute atomic E-state index is 11.3. The van der Waals surface area contributed by atoms with Crippen LogP contribution in [0.3, 0.4) is 0 Å². The molecule has 1 aliphatic rings. The van der Waals surface area contributed by atoms with Gasteiger partial charge in [-0.1, -0.05) is 0 Å². The number of hydrogen-bond acceptors (Lipinski definition) is 5. The number of carboxylic acid groups (broad SMARTS) is 1. The number of rotatable bonds is 6. The molecular weight excluding hydrogens is 264 g/mol. The van der Waals surface area contributed by atoms with E-state index in [-0.39, 0.29) is 24.0 Å². The molecule has 1 atom stereocenters. The summed E-state index contributed by atoms with van der Waals surface area (Å²) >= 11 is 0. The molecule has 1 unspecified atom stereocenters. The van der Waals surface area contributed by atoms with Crippen LogP contribution in [0.4, 0.5) is 5.69 Å². The van der Waals surface area contributed by atoms with Crippen molar-refractivity contribution in [2.45, 2.75) is 25.3 Å². The number of nitro groups is 1. The molecule has 7 heteroatoms. The molecular formula is C13H16N2O5. The number of benzene rings is 1. The lowest BCUT2D eigenvalue weighted by Gasteiger charge is -2.24. The Labute approximate surface area is 115 Å². The fourth-order valence-electron chi connectivity index (χ4n) is 2.01. The largest absolute Gasteiger partial charge is 0.490 e. The number of aryl methyl sites for hydroxylation is 1. The van der Waals surface area contributed by atoms with Crippen LogP contribution in [0.25, 0.3) is 0 Å². The first-order chi connectivity index (χ1) is 9.34. The fraction of sp³-hybridized carbons (Fsp3) is 0.462. The zero-order valence-electron chi connectivity index (χ0n) is 11.0. The van der Waals surface area contributed by atoms with E-state index in [0.717, 1.165) is 12.8 Å². The van der Waals surface area contributed by atoms with Gasteiger partial charge in [0.1, 0.15) is 12.4 Å². The van der Waals surface area contributed by atoms with Gasteiger partial charge in [0.25, 0.3) is 5.69 Å². The van der Waals surface area contributed by atoms with Gasteiger partial charge >= 0.3 is 5.97 Å². The SMILES string of the molecule is Cc1ccc([N+](=O)[O-])cc1OCC(N)(C(=O)O)C1CC1. The second-order valence-corrected chi connectivity index (χ2v) is 5.12. The van der Waals surface area contributed by atoms with Crippen molar-refractivity contribution in [3.63, 3.8) is 0 Å². The molecule has 2 rings (SSSR count). The average molecular weight is 280 g/mol. The molecule has 0 radical (unpaired) electrons. The molecule has 0 amide bonds. The van der Waals surface area contributed by atoms with Gasteiger partial charge in [-0.3, -0.25) is 14.9 Å². The van der Waals surface area contributed by atoms with Gasteiger partial charge in [-0.15, -0.1) is 0 Å². The Kier molecular flexibility index (Phi) is 3.63. The van der Waals surface area contributed by atoms with E-state index in [1.165, 1.54) is 12.1 Å². The van der Waals surface area contributed by atoms with Gasteiger partial charge in [0.15, 0.2) is 5.54 Å². The van der Waals surface area contributed by atoms with E-state index in [1.54, 1.807) is 13.0 Å². The molecule has 1 fully saturated rings. The Morgan fingerprint density at radius 3 is 2.75 bits per heavy atom. The Morgan fingerprint density at radius 1 is 1.60 bits per heavy atom. The Bertz CT molecular complexity index is 556. The number of hydrogen-bond donors (Lipinski definition) is 2. The van der Waals surface area contributed by atoms with Crippen LogP contribution in [0.1, 0.15) is 18.4 Å². The van der Waals surface area contributed by atoms with Gasteiger partial charge in [0.05, 0.1) is 11.0 Å². The number of ether oxygens (including phenoxy) is 1. The summed E-state index contributed by atoms with van der Waals surface area (Å²) in [7, 11) is 0. The van der Waals surface area contributed by atoms with Crippen LogP contribution in [0.5, 0.6) is 5.75 Å². The number of nitro benzene ring substituents is 1. The maximum Gasteiger partial charge on any atom is 0.327 e. The molecule has 1 saturated carbocycles. The molecule has 1 aromatic carbocycles. The summed E-state index contributed by atoms with van der Waals surface area (Å²) in [5.41, 5.74) is 5.04. The van der Waals surface area contributed by atoms with Crippen molar-refractivity contribution in [3.05, 3.63) is 33.9 Å². The molecule has 108 valence electrons. The minimum atomic E-state index is -1.43. The first kappa shape index (κ1) is 14.3. The van der Waals surface area contributed by atoms with Gasteiger partial charge in [-0.05, 0) is 37.3 Å². The third kappa shape index (κ3) is 2.72. The summed E-state index contributed by atoms with van der Waals surface area (Å²) in [5, 5.41) is 19.9. The van der Waals surface area contributed by atoms with Crippen molar-refractivity contribution in [3.8, 4) is 5.75 Å². The summed E-state index contributed by atoms with van der Waals surface area (Å²) in [6.45, 7) is 1.53. The van der Waals surface area contributed by atoms with E-state index in [9.17, 15) is 20.0 Å². The quantitative estimate of drug-likeness (QED) is 0.602. The van der Waals surface area contributed by atoms with E-state index in [0.29, 0.717) is 5.56 Å². The number of carboxylic acids is 1. The summed E-state index contributed by atoms with van der Waals surface area (Å²) in [5.74, 6) is -0.919. The highest BCUT2D eigenvalue weighted by molar-refractivity contribution is 5.79. The highest BCUT2D eigenvalue weighted by Gasteiger charge is 2.49. The van der Waals surface area contributed by atoms with E-state index in [2.05, 4.69) is 0 Å². The molecule has 0 spiro atoms. The maximum atomic E-state index is 11.3. The lowest BCUT2D eigenvalue weighted by Crippen LogP contribution is -2.54. The van der Waals surface area contributed by atoms with Crippen LogP contribution in [0, 0.1) is 23.0 Å². The molecule has 0 aliphatic heterocycles. The van der Waals surface area contributed by atoms with Crippen molar-refractivity contribution in [2.75, 3.05) is 6.61 Å². The molecule has 0 saturated heterocycles. The van der Waals surface area contributed by atoms with E-state index in [4.69, 9.17) is 10.5 Å². The van der Waals surface area contributed by atoms with Crippen LogP contribution in [-0.4, -0.2) is 28.1 Å². The lowest BCUT2D eigenvalue weighted by atomic mass is 9.96. The third-order valence-electron chi connectivity index (χ3n) is 3.55. The molecule has 0 bridgehead atoms. The number of nitrogens with two attached hydrogens (primary N) is 1. The van der Waals surface area contributed by atoms with Gasteiger partial charge in [0, 0.05) is 6.07 Å². The van der Waals surface area contributed by atoms with Crippen molar-refractivity contribution < 1.29 is 19.6 Å². The smallest absolute Gasteiger partial charge is 0.327 e. The lowest BCUT2D eigenvalue weighted by molar-refractivity contribution is -0.385. The standard InChI is InChI=1S/C13H16N2O5/c1-8-2-5-10(15(18)19)6-11(8)20-7-13(14,12(16)17)9-3-4-9/h2,5-6,9H,3-4,7,14H2,1H3,(H,16,17). The molecule has 1 aliphatic carbocycles. The molecule has 3 N–H and O–H groups in total. The van der Waals surface area contributed by atoms with E-state index >= 15 is 0 Å². The van der Waals surface area contributed by atoms with Crippen LogP contribution >= 0.6 is 0 Å². The van der Waals surface area contributed by atoms with Crippen molar-refractivity contribution in [1.29, 1.82) is 0 Å². The summed E-state index contributed by atoms with van der Waals surface area (Å²) in [6, 6.07) is 4.21. The van der Waals surface area contributed by atoms with Crippen LogP contribution < -0.4 is 10.5 Å². The van der Waals surface area contributed by atoms with Gasteiger partial charge in [-0.25, -0.2) is 0 Å². The van der Waals surface area contributed by atoms with Crippen molar-refractivity contribution in [2.24, 2.45) is 11.7 Å². The van der Waals surface area contributed by atoms with Crippen molar-refractivity contribution in [1.82, 2.24) is 0 Å². The van der Waals surface area contributed by atoms with Gasteiger partial charge < -0.3 is 15.6 Å². The van der Waals surface area contributed by atoms with Gasteiger partial charge in [0.2, 0.25) is 0 Å². The number of non-ortho nitro benzene ring substituents is 1. The summed E-state index contributed by atoms with van der Waals surface area (Å²) in [6.07, 6.45) is 1.53. The third-order valence-corrected chi connectivity index (χ3v) is 3.55. The Hall–Kier alpha value is -2.15. The topological polar surface area (TPSA) is 116 Å². The number of nitrogens with zero attached hydrogens (tertiary/aromatic N) is 1. The number of aliphatic carboxylic acids is 1. The average Bonchev–Trinajstić information content (AvgIpc) is 3.21. The van der Waals surface area contributed by atoms with E-state index < -0.39 is 16.4 Å². The Balaban J connectivity index is 2.15. The number of carbonyl (C=O) groups is 1. The first-order valence-electron chi connectivity index (χ1n) is 6.24. The molecule has 0 heterocycles. The molecule has 7 nitrogen and oxygen atoms in total. The Morgan fingerprint density at radius 2 is 2.25 bits per heavy atom. The highest BCUT2D eigenvalue weighted by Crippen LogP contribution is 2.39. The normalized spacial score (nSPS) is 17.3.